The van der Waals surface area contributed by atoms with Crippen molar-refractivity contribution in [2.45, 2.75) is 19.4 Å². The number of fused-ring (bicyclic) bond motifs is 1. The number of aliphatic hydroxyl groups is 1. The van der Waals surface area contributed by atoms with Crippen LogP contribution < -0.4 is 10.6 Å². The Kier molecular flexibility index (Phi) is 5.01. The molecule has 2 rings (SSSR count). The Morgan fingerprint density at radius 3 is 2.90 bits per heavy atom. The highest BCUT2D eigenvalue weighted by Gasteiger charge is 2.04. The molecular weight excluding hydrogens is 252 g/mol. The summed E-state index contributed by atoms with van der Waals surface area (Å²) >= 11 is 0. The third-order valence-electron chi connectivity index (χ3n) is 3.15. The van der Waals surface area contributed by atoms with E-state index in [1.807, 2.05) is 6.07 Å². The Bertz CT molecular complexity index is 574. The minimum Gasteiger partial charge on any atom is -0.392 e. The molecule has 0 aliphatic rings. The maximum atomic E-state index is 9.24. The van der Waals surface area contributed by atoms with Crippen molar-refractivity contribution < 1.29 is 5.11 Å². The van der Waals surface area contributed by atoms with Gasteiger partial charge >= 0.3 is 0 Å². The summed E-state index contributed by atoms with van der Waals surface area (Å²) in [6.45, 7) is 3.03. The summed E-state index contributed by atoms with van der Waals surface area (Å²) in [4.78, 5) is 7.39. The molecule has 108 valence electrons. The van der Waals surface area contributed by atoms with E-state index in [-0.39, 0.29) is 6.10 Å². The number of hydrogen-bond acceptors (Lipinski definition) is 2. The summed E-state index contributed by atoms with van der Waals surface area (Å²) in [5.41, 5.74) is 2.46. The predicted molar refractivity (Wildman–Crippen MR) is 83.0 cm³/mol. The summed E-state index contributed by atoms with van der Waals surface area (Å²) in [6.07, 6.45) is 2.58. The van der Waals surface area contributed by atoms with Crippen LogP contribution in [0.4, 0.5) is 0 Å². The molecule has 20 heavy (non-hydrogen) atoms. The lowest BCUT2D eigenvalue weighted by atomic mass is 10.1. The maximum Gasteiger partial charge on any atom is 0.191 e. The molecular formula is C15H22N4O. The van der Waals surface area contributed by atoms with Crippen molar-refractivity contribution in [2.75, 3.05) is 20.1 Å². The van der Waals surface area contributed by atoms with Gasteiger partial charge in [0.15, 0.2) is 5.96 Å². The molecule has 0 unspecified atom stereocenters. The van der Waals surface area contributed by atoms with Crippen LogP contribution >= 0.6 is 0 Å². The van der Waals surface area contributed by atoms with Crippen molar-refractivity contribution in [3.8, 4) is 0 Å². The molecule has 0 fully saturated rings. The number of para-hydroxylation sites is 1. The van der Waals surface area contributed by atoms with Gasteiger partial charge in [0.25, 0.3) is 0 Å². The van der Waals surface area contributed by atoms with Gasteiger partial charge in [-0.1, -0.05) is 18.2 Å². The Hall–Kier alpha value is -2.01. The molecule has 0 amide bonds. The number of hydrogen-bond donors (Lipinski definition) is 4. The van der Waals surface area contributed by atoms with E-state index in [1.165, 1.54) is 16.5 Å². The molecule has 1 aromatic carbocycles. The number of aromatic amines is 1. The molecule has 4 N–H and O–H groups in total. The number of H-pyrrole nitrogens is 1. The van der Waals surface area contributed by atoms with Crippen molar-refractivity contribution in [2.24, 2.45) is 4.99 Å². The highest BCUT2D eigenvalue weighted by atomic mass is 16.3. The average Bonchev–Trinajstić information content (AvgIpc) is 2.86. The van der Waals surface area contributed by atoms with Gasteiger partial charge in [0.05, 0.1) is 6.10 Å². The first kappa shape index (κ1) is 14.4. The van der Waals surface area contributed by atoms with Crippen LogP contribution in [0.1, 0.15) is 12.5 Å². The van der Waals surface area contributed by atoms with E-state index >= 15 is 0 Å². The number of nitrogens with one attached hydrogen (secondary N) is 3. The second-order valence-corrected chi connectivity index (χ2v) is 4.84. The third kappa shape index (κ3) is 3.74. The number of aliphatic imine (C=N–C) groups is 1. The van der Waals surface area contributed by atoms with Gasteiger partial charge in [-0.3, -0.25) is 4.99 Å². The van der Waals surface area contributed by atoms with Crippen LogP contribution in [-0.2, 0) is 6.42 Å². The lowest BCUT2D eigenvalue weighted by Crippen LogP contribution is -2.41. The minimum atomic E-state index is -0.387. The second kappa shape index (κ2) is 6.96. The lowest BCUT2D eigenvalue weighted by molar-refractivity contribution is 0.197. The molecule has 0 bridgehead atoms. The molecule has 1 aromatic heterocycles. The minimum absolute atomic E-state index is 0.387. The van der Waals surface area contributed by atoms with Crippen molar-refractivity contribution in [1.29, 1.82) is 0 Å². The summed E-state index contributed by atoms with van der Waals surface area (Å²) in [7, 11) is 1.73. The molecule has 0 saturated carbocycles. The van der Waals surface area contributed by atoms with Crippen LogP contribution in [0.3, 0.4) is 0 Å². The zero-order chi connectivity index (χ0) is 14.4. The number of aliphatic hydroxyl groups excluding tert-OH is 1. The van der Waals surface area contributed by atoms with Crippen molar-refractivity contribution in [3.05, 3.63) is 36.0 Å². The van der Waals surface area contributed by atoms with Crippen molar-refractivity contribution in [1.82, 2.24) is 15.6 Å². The Labute approximate surface area is 119 Å². The number of nitrogens with zero attached hydrogens (tertiary/aromatic N) is 1. The fraction of sp³-hybridized carbons (Fsp3) is 0.400. The smallest absolute Gasteiger partial charge is 0.191 e. The van der Waals surface area contributed by atoms with E-state index in [9.17, 15) is 5.11 Å². The van der Waals surface area contributed by atoms with Gasteiger partial charge < -0.3 is 20.7 Å². The van der Waals surface area contributed by atoms with E-state index < -0.39 is 0 Å². The molecule has 0 aliphatic carbocycles. The Morgan fingerprint density at radius 2 is 2.15 bits per heavy atom. The van der Waals surface area contributed by atoms with E-state index in [0.717, 1.165) is 13.0 Å². The van der Waals surface area contributed by atoms with E-state index in [2.05, 4.69) is 45.0 Å². The zero-order valence-corrected chi connectivity index (χ0v) is 12.0. The van der Waals surface area contributed by atoms with Crippen LogP contribution in [0.5, 0.6) is 0 Å². The Morgan fingerprint density at radius 1 is 1.35 bits per heavy atom. The van der Waals surface area contributed by atoms with Crippen LogP contribution in [0.15, 0.2) is 35.5 Å². The average molecular weight is 274 g/mol. The number of aromatic nitrogens is 1. The van der Waals surface area contributed by atoms with Gasteiger partial charge in [0, 0.05) is 37.2 Å². The van der Waals surface area contributed by atoms with Crippen molar-refractivity contribution in [3.63, 3.8) is 0 Å². The largest absolute Gasteiger partial charge is 0.392 e. The highest BCUT2D eigenvalue weighted by Crippen LogP contribution is 2.17. The van der Waals surface area contributed by atoms with Crippen molar-refractivity contribution >= 4 is 16.9 Å². The normalized spacial score (nSPS) is 13.4. The lowest BCUT2D eigenvalue weighted by Gasteiger charge is -2.12. The summed E-state index contributed by atoms with van der Waals surface area (Å²) < 4.78 is 0. The first-order valence-corrected chi connectivity index (χ1v) is 6.88. The van der Waals surface area contributed by atoms with E-state index in [4.69, 9.17) is 0 Å². The molecule has 0 saturated heterocycles. The predicted octanol–water partition coefficient (Wildman–Crippen LogP) is 1.26. The first-order valence-electron chi connectivity index (χ1n) is 6.88. The molecule has 5 nitrogen and oxygen atoms in total. The topological polar surface area (TPSA) is 72.4 Å². The molecule has 0 radical (unpaired) electrons. The van der Waals surface area contributed by atoms with Gasteiger partial charge in [0.2, 0.25) is 0 Å². The van der Waals surface area contributed by atoms with Gasteiger partial charge in [-0.2, -0.15) is 0 Å². The fourth-order valence-corrected chi connectivity index (χ4v) is 2.12. The fourth-order valence-electron chi connectivity index (χ4n) is 2.12. The van der Waals surface area contributed by atoms with Gasteiger partial charge in [-0.25, -0.2) is 0 Å². The zero-order valence-electron chi connectivity index (χ0n) is 12.0. The molecule has 0 spiro atoms. The third-order valence-corrected chi connectivity index (χ3v) is 3.15. The van der Waals surface area contributed by atoms with Gasteiger partial charge in [-0.05, 0) is 25.0 Å². The Balaban J connectivity index is 1.86. The van der Waals surface area contributed by atoms with Crippen LogP contribution in [0.25, 0.3) is 10.9 Å². The second-order valence-electron chi connectivity index (χ2n) is 4.84. The van der Waals surface area contributed by atoms with Gasteiger partial charge in [0.1, 0.15) is 0 Å². The molecule has 2 aromatic rings. The molecule has 1 atom stereocenters. The van der Waals surface area contributed by atoms with Crippen LogP contribution in [0.2, 0.25) is 0 Å². The summed E-state index contributed by atoms with van der Waals surface area (Å²) in [6, 6.07) is 8.29. The van der Waals surface area contributed by atoms with E-state index in [1.54, 1.807) is 14.0 Å². The first-order chi connectivity index (χ1) is 9.70. The highest BCUT2D eigenvalue weighted by molar-refractivity contribution is 5.83. The summed E-state index contributed by atoms with van der Waals surface area (Å²) in [5.74, 6) is 0.714. The quantitative estimate of drug-likeness (QED) is 0.490. The van der Waals surface area contributed by atoms with E-state index in [0.29, 0.717) is 12.5 Å². The maximum absolute atomic E-state index is 9.24. The van der Waals surface area contributed by atoms with Gasteiger partial charge in [-0.15, -0.1) is 0 Å². The summed E-state index contributed by atoms with van der Waals surface area (Å²) in [5, 5.41) is 16.8. The SMILES string of the molecule is CN=C(NCCc1c[nH]c2ccccc12)NC[C@H](C)O. The molecule has 0 aliphatic heterocycles. The van der Waals surface area contributed by atoms with Crippen LogP contribution in [-0.4, -0.2) is 42.3 Å². The molecule has 5 heteroatoms. The number of rotatable bonds is 5. The monoisotopic (exact) mass is 274 g/mol. The standard InChI is InChI=1S/C15H22N4O/c1-11(20)9-19-15(16-2)17-8-7-12-10-18-14-6-4-3-5-13(12)14/h3-6,10-11,18,20H,7-9H2,1-2H3,(H2,16,17,19)/t11-/m0/s1. The van der Waals surface area contributed by atoms with Crippen LogP contribution in [0, 0.1) is 0 Å². The molecule has 1 heterocycles. The number of benzene rings is 1. The number of guanidine groups is 1.